The average molecular weight is 249 g/mol. The summed E-state index contributed by atoms with van der Waals surface area (Å²) in [6.07, 6.45) is 1.30. The second-order valence-electron chi connectivity index (χ2n) is 4.95. The van der Waals surface area contributed by atoms with Gasteiger partial charge < -0.3 is 10.1 Å². The van der Waals surface area contributed by atoms with Crippen LogP contribution in [-0.2, 0) is 11.2 Å². The average Bonchev–Trinajstić information content (AvgIpc) is 2.36. The Morgan fingerprint density at radius 3 is 2.33 bits per heavy atom. The van der Waals surface area contributed by atoms with Crippen LogP contribution in [0.5, 0.6) is 5.75 Å². The van der Waals surface area contributed by atoms with E-state index < -0.39 is 0 Å². The van der Waals surface area contributed by atoms with Crippen molar-refractivity contribution in [1.82, 2.24) is 5.32 Å². The van der Waals surface area contributed by atoms with E-state index in [2.05, 4.69) is 19.2 Å². The number of amides is 1. The van der Waals surface area contributed by atoms with Gasteiger partial charge in [-0.05, 0) is 37.0 Å². The fraction of sp³-hybridized carbons (Fsp3) is 0.533. The Labute approximate surface area is 110 Å². The van der Waals surface area contributed by atoms with E-state index in [4.69, 9.17) is 4.74 Å². The molecule has 0 spiro atoms. The molecule has 18 heavy (non-hydrogen) atoms. The topological polar surface area (TPSA) is 38.3 Å². The quantitative estimate of drug-likeness (QED) is 0.842. The second-order valence-corrected chi connectivity index (χ2v) is 4.95. The number of benzene rings is 1. The van der Waals surface area contributed by atoms with Gasteiger partial charge in [0.2, 0.25) is 5.91 Å². The Kier molecular flexibility index (Phi) is 5.69. The summed E-state index contributed by atoms with van der Waals surface area (Å²) >= 11 is 0. The fourth-order valence-corrected chi connectivity index (χ4v) is 1.54. The Hall–Kier alpha value is -1.51. The molecule has 0 saturated carbocycles. The molecule has 0 radical (unpaired) electrons. The highest BCUT2D eigenvalue weighted by molar-refractivity contribution is 5.76. The van der Waals surface area contributed by atoms with Crippen molar-refractivity contribution in [3.63, 3.8) is 0 Å². The number of hydrogen-bond donors (Lipinski definition) is 1. The summed E-state index contributed by atoms with van der Waals surface area (Å²) < 4.78 is 5.09. The summed E-state index contributed by atoms with van der Waals surface area (Å²) in [5.74, 6) is 1.43. The molecule has 3 heteroatoms. The van der Waals surface area contributed by atoms with Gasteiger partial charge in [-0.15, -0.1) is 0 Å². The lowest BCUT2D eigenvalue weighted by Gasteiger charge is -2.17. The standard InChI is InChI=1S/C15H23NO2/c1-11(2)12(3)16-15(17)10-7-13-5-8-14(18-4)9-6-13/h5-6,8-9,11-12H,7,10H2,1-4H3,(H,16,17)/t12-/m0/s1. The predicted molar refractivity (Wildman–Crippen MR) is 73.8 cm³/mol. The first-order valence-electron chi connectivity index (χ1n) is 6.45. The summed E-state index contributed by atoms with van der Waals surface area (Å²) in [5.41, 5.74) is 1.16. The molecule has 0 heterocycles. The van der Waals surface area contributed by atoms with Crippen molar-refractivity contribution in [2.24, 2.45) is 5.92 Å². The molecule has 0 fully saturated rings. The van der Waals surface area contributed by atoms with Crippen molar-refractivity contribution in [2.45, 2.75) is 39.7 Å². The molecule has 0 aliphatic heterocycles. The van der Waals surface area contributed by atoms with E-state index in [0.29, 0.717) is 12.3 Å². The molecule has 1 rings (SSSR count). The van der Waals surface area contributed by atoms with Crippen LogP contribution in [0, 0.1) is 5.92 Å². The molecular formula is C15H23NO2. The van der Waals surface area contributed by atoms with Gasteiger partial charge in [0.15, 0.2) is 0 Å². The summed E-state index contributed by atoms with van der Waals surface area (Å²) in [6.45, 7) is 6.25. The van der Waals surface area contributed by atoms with E-state index in [1.54, 1.807) is 7.11 Å². The maximum absolute atomic E-state index is 11.7. The van der Waals surface area contributed by atoms with Gasteiger partial charge in [0.1, 0.15) is 5.75 Å². The molecule has 0 aliphatic rings. The lowest BCUT2D eigenvalue weighted by molar-refractivity contribution is -0.121. The van der Waals surface area contributed by atoms with Gasteiger partial charge in [0.25, 0.3) is 0 Å². The van der Waals surface area contributed by atoms with Crippen LogP contribution in [0.4, 0.5) is 0 Å². The van der Waals surface area contributed by atoms with Crippen LogP contribution >= 0.6 is 0 Å². The third-order valence-corrected chi connectivity index (χ3v) is 3.19. The van der Waals surface area contributed by atoms with Gasteiger partial charge in [0, 0.05) is 12.5 Å². The zero-order valence-corrected chi connectivity index (χ0v) is 11.7. The number of nitrogens with one attached hydrogen (secondary N) is 1. The molecule has 1 N–H and O–H groups in total. The Morgan fingerprint density at radius 1 is 1.22 bits per heavy atom. The normalized spacial score (nSPS) is 12.3. The van der Waals surface area contributed by atoms with E-state index in [9.17, 15) is 4.79 Å². The Morgan fingerprint density at radius 2 is 1.83 bits per heavy atom. The van der Waals surface area contributed by atoms with Crippen molar-refractivity contribution in [3.05, 3.63) is 29.8 Å². The molecular weight excluding hydrogens is 226 g/mol. The molecule has 0 unspecified atom stereocenters. The summed E-state index contributed by atoms with van der Waals surface area (Å²) in [7, 11) is 1.65. The van der Waals surface area contributed by atoms with Crippen LogP contribution in [0.15, 0.2) is 24.3 Å². The lowest BCUT2D eigenvalue weighted by Crippen LogP contribution is -2.36. The zero-order valence-electron chi connectivity index (χ0n) is 11.7. The van der Waals surface area contributed by atoms with E-state index in [1.165, 1.54) is 0 Å². The Bertz CT molecular complexity index is 371. The minimum Gasteiger partial charge on any atom is -0.497 e. The number of rotatable bonds is 6. The molecule has 0 aromatic heterocycles. The summed E-state index contributed by atoms with van der Waals surface area (Å²) in [6, 6.07) is 8.07. The van der Waals surface area contributed by atoms with Crippen LogP contribution < -0.4 is 10.1 Å². The molecule has 1 aromatic rings. The molecule has 3 nitrogen and oxygen atoms in total. The highest BCUT2D eigenvalue weighted by atomic mass is 16.5. The van der Waals surface area contributed by atoms with E-state index >= 15 is 0 Å². The third kappa shape index (κ3) is 4.78. The minimum atomic E-state index is 0.118. The summed E-state index contributed by atoms with van der Waals surface area (Å²) in [4.78, 5) is 11.7. The van der Waals surface area contributed by atoms with Crippen LogP contribution in [0.3, 0.4) is 0 Å². The van der Waals surface area contributed by atoms with Crippen LogP contribution in [0.2, 0.25) is 0 Å². The molecule has 1 aromatic carbocycles. The van der Waals surface area contributed by atoms with Gasteiger partial charge in [-0.3, -0.25) is 4.79 Å². The number of ether oxygens (including phenoxy) is 1. The van der Waals surface area contributed by atoms with Gasteiger partial charge in [0.05, 0.1) is 7.11 Å². The first-order valence-corrected chi connectivity index (χ1v) is 6.45. The van der Waals surface area contributed by atoms with Crippen molar-refractivity contribution in [2.75, 3.05) is 7.11 Å². The van der Waals surface area contributed by atoms with E-state index in [0.717, 1.165) is 17.7 Å². The van der Waals surface area contributed by atoms with Gasteiger partial charge in [-0.1, -0.05) is 26.0 Å². The van der Waals surface area contributed by atoms with E-state index in [1.807, 2.05) is 31.2 Å². The smallest absolute Gasteiger partial charge is 0.220 e. The molecule has 0 bridgehead atoms. The maximum Gasteiger partial charge on any atom is 0.220 e. The highest BCUT2D eigenvalue weighted by Gasteiger charge is 2.10. The third-order valence-electron chi connectivity index (χ3n) is 3.19. The van der Waals surface area contributed by atoms with Crippen molar-refractivity contribution in [1.29, 1.82) is 0 Å². The molecule has 1 atom stereocenters. The predicted octanol–water partition coefficient (Wildman–Crippen LogP) is 2.79. The molecule has 100 valence electrons. The number of carbonyl (C=O) groups is 1. The highest BCUT2D eigenvalue weighted by Crippen LogP contribution is 2.12. The first-order chi connectivity index (χ1) is 8.52. The molecule has 0 aliphatic carbocycles. The van der Waals surface area contributed by atoms with Crippen molar-refractivity contribution < 1.29 is 9.53 Å². The first kappa shape index (κ1) is 14.6. The van der Waals surface area contributed by atoms with Crippen LogP contribution in [0.1, 0.15) is 32.8 Å². The monoisotopic (exact) mass is 249 g/mol. The minimum absolute atomic E-state index is 0.118. The Balaban J connectivity index is 2.37. The molecule has 0 saturated heterocycles. The van der Waals surface area contributed by atoms with Gasteiger partial charge in [-0.2, -0.15) is 0 Å². The van der Waals surface area contributed by atoms with Crippen LogP contribution in [0.25, 0.3) is 0 Å². The fourth-order valence-electron chi connectivity index (χ4n) is 1.54. The van der Waals surface area contributed by atoms with Crippen molar-refractivity contribution >= 4 is 5.91 Å². The van der Waals surface area contributed by atoms with Crippen LogP contribution in [-0.4, -0.2) is 19.1 Å². The maximum atomic E-state index is 11.7. The van der Waals surface area contributed by atoms with E-state index in [-0.39, 0.29) is 11.9 Å². The van der Waals surface area contributed by atoms with Crippen molar-refractivity contribution in [3.8, 4) is 5.75 Å². The number of hydrogen-bond acceptors (Lipinski definition) is 2. The zero-order chi connectivity index (χ0) is 13.5. The SMILES string of the molecule is COc1ccc(CCC(=O)N[C@@H](C)C(C)C)cc1. The number of methoxy groups -OCH3 is 1. The second kappa shape index (κ2) is 7.04. The largest absolute Gasteiger partial charge is 0.497 e. The lowest BCUT2D eigenvalue weighted by atomic mass is 10.1. The number of carbonyl (C=O) groups excluding carboxylic acids is 1. The van der Waals surface area contributed by atoms with Gasteiger partial charge >= 0.3 is 0 Å². The van der Waals surface area contributed by atoms with Gasteiger partial charge in [-0.25, -0.2) is 0 Å². The summed E-state index contributed by atoms with van der Waals surface area (Å²) in [5, 5.41) is 3.01. The molecule has 1 amide bonds. The number of aryl methyl sites for hydroxylation is 1.